The van der Waals surface area contributed by atoms with Crippen molar-refractivity contribution in [3.8, 4) is 5.88 Å². The maximum Gasteiger partial charge on any atom is 0.218 e. The van der Waals surface area contributed by atoms with Crippen molar-refractivity contribution in [3.05, 3.63) is 35.9 Å². The molecule has 0 aliphatic heterocycles. The van der Waals surface area contributed by atoms with Crippen LogP contribution in [-0.4, -0.2) is 17.6 Å². The summed E-state index contributed by atoms with van der Waals surface area (Å²) in [6.45, 7) is 3.69. The van der Waals surface area contributed by atoms with Crippen molar-refractivity contribution < 1.29 is 4.74 Å². The van der Waals surface area contributed by atoms with Gasteiger partial charge in [-0.3, -0.25) is 0 Å². The van der Waals surface area contributed by atoms with Crippen molar-refractivity contribution >= 4 is 10.9 Å². The number of aromatic nitrogens is 1. The smallest absolute Gasteiger partial charge is 0.218 e. The molecule has 1 aromatic heterocycles. The zero-order valence-corrected chi connectivity index (χ0v) is 11.4. The largest absolute Gasteiger partial charge is 0.477 e. The standard InChI is InChI=1S/C16H20N2O/c1-2-9-19-16-13(11-17-14-7-8-14)10-12-5-3-4-6-15(12)18-16/h3-6,10,14,17H,2,7-9,11H2,1H3. The molecular formula is C16H20N2O. The molecule has 100 valence electrons. The summed E-state index contributed by atoms with van der Waals surface area (Å²) < 4.78 is 5.80. The predicted octanol–water partition coefficient (Wildman–Crippen LogP) is 3.28. The van der Waals surface area contributed by atoms with Gasteiger partial charge in [-0.05, 0) is 31.4 Å². The van der Waals surface area contributed by atoms with E-state index in [1.165, 1.54) is 23.8 Å². The Morgan fingerprint density at radius 2 is 2.16 bits per heavy atom. The Balaban J connectivity index is 1.89. The molecule has 0 spiro atoms. The zero-order valence-electron chi connectivity index (χ0n) is 11.4. The molecule has 2 aromatic rings. The topological polar surface area (TPSA) is 34.1 Å². The van der Waals surface area contributed by atoms with Crippen LogP contribution in [0.1, 0.15) is 31.7 Å². The molecule has 0 saturated heterocycles. The number of fused-ring (bicyclic) bond motifs is 1. The molecule has 0 amide bonds. The summed E-state index contributed by atoms with van der Waals surface area (Å²) in [5.41, 5.74) is 2.17. The molecule has 0 unspecified atom stereocenters. The van der Waals surface area contributed by atoms with Crippen molar-refractivity contribution in [1.82, 2.24) is 10.3 Å². The Kier molecular flexibility index (Phi) is 3.65. The van der Waals surface area contributed by atoms with Crippen molar-refractivity contribution in [3.63, 3.8) is 0 Å². The fourth-order valence-electron chi connectivity index (χ4n) is 2.13. The van der Waals surface area contributed by atoms with Crippen LogP contribution in [-0.2, 0) is 6.54 Å². The number of rotatable bonds is 6. The summed E-state index contributed by atoms with van der Waals surface area (Å²) >= 11 is 0. The van der Waals surface area contributed by atoms with Crippen LogP contribution in [0.4, 0.5) is 0 Å². The second kappa shape index (κ2) is 5.57. The van der Waals surface area contributed by atoms with Gasteiger partial charge < -0.3 is 10.1 Å². The van der Waals surface area contributed by atoms with Crippen molar-refractivity contribution in [2.45, 2.75) is 38.8 Å². The molecule has 1 aromatic carbocycles. The number of ether oxygens (including phenoxy) is 1. The van der Waals surface area contributed by atoms with Gasteiger partial charge in [-0.15, -0.1) is 0 Å². The van der Waals surface area contributed by atoms with Gasteiger partial charge in [0.15, 0.2) is 0 Å². The van der Waals surface area contributed by atoms with E-state index in [2.05, 4.69) is 35.4 Å². The Bertz CT molecular complexity index is 564. The van der Waals surface area contributed by atoms with Crippen molar-refractivity contribution in [1.29, 1.82) is 0 Å². The predicted molar refractivity (Wildman–Crippen MR) is 77.4 cm³/mol. The van der Waals surface area contributed by atoms with Gasteiger partial charge in [0.05, 0.1) is 12.1 Å². The molecule has 1 aliphatic carbocycles. The summed E-state index contributed by atoms with van der Waals surface area (Å²) in [6.07, 6.45) is 3.60. The van der Waals surface area contributed by atoms with E-state index in [9.17, 15) is 0 Å². The van der Waals surface area contributed by atoms with Gasteiger partial charge in [-0.25, -0.2) is 4.98 Å². The lowest BCUT2D eigenvalue weighted by atomic mass is 10.1. The van der Waals surface area contributed by atoms with E-state index >= 15 is 0 Å². The summed E-state index contributed by atoms with van der Waals surface area (Å²) in [7, 11) is 0. The quantitative estimate of drug-likeness (QED) is 0.861. The minimum Gasteiger partial charge on any atom is -0.477 e. The SMILES string of the molecule is CCCOc1nc2ccccc2cc1CNC1CC1. The number of nitrogens with zero attached hydrogens (tertiary/aromatic N) is 1. The Labute approximate surface area is 114 Å². The number of para-hydroxylation sites is 1. The fourth-order valence-corrected chi connectivity index (χ4v) is 2.13. The minimum absolute atomic E-state index is 0.700. The van der Waals surface area contributed by atoms with Gasteiger partial charge in [-0.2, -0.15) is 0 Å². The number of hydrogen-bond donors (Lipinski definition) is 1. The number of nitrogens with one attached hydrogen (secondary N) is 1. The number of benzene rings is 1. The summed E-state index contributed by atoms with van der Waals surface area (Å²) in [5.74, 6) is 0.786. The second-order valence-electron chi connectivity index (χ2n) is 5.15. The zero-order chi connectivity index (χ0) is 13.1. The van der Waals surface area contributed by atoms with E-state index in [1.54, 1.807) is 0 Å². The highest BCUT2D eigenvalue weighted by Crippen LogP contribution is 2.25. The molecule has 1 saturated carbocycles. The van der Waals surface area contributed by atoms with E-state index in [0.29, 0.717) is 6.04 Å². The van der Waals surface area contributed by atoms with E-state index in [4.69, 9.17) is 4.74 Å². The first kappa shape index (κ1) is 12.4. The van der Waals surface area contributed by atoms with Crippen molar-refractivity contribution in [2.75, 3.05) is 6.61 Å². The van der Waals surface area contributed by atoms with Gasteiger partial charge in [0.1, 0.15) is 0 Å². The average Bonchev–Trinajstić information content (AvgIpc) is 3.26. The van der Waals surface area contributed by atoms with E-state index < -0.39 is 0 Å². The molecule has 1 N–H and O–H groups in total. The highest BCUT2D eigenvalue weighted by atomic mass is 16.5. The first-order chi connectivity index (χ1) is 9.36. The molecule has 0 radical (unpaired) electrons. The second-order valence-corrected chi connectivity index (χ2v) is 5.15. The van der Waals surface area contributed by atoms with Gasteiger partial charge in [-0.1, -0.05) is 25.1 Å². The lowest BCUT2D eigenvalue weighted by Gasteiger charge is -2.12. The normalized spacial score (nSPS) is 14.8. The van der Waals surface area contributed by atoms with E-state index in [1.807, 2.05) is 12.1 Å². The molecule has 19 heavy (non-hydrogen) atoms. The Hall–Kier alpha value is -1.61. The van der Waals surface area contributed by atoms with Crippen molar-refractivity contribution in [2.24, 2.45) is 0 Å². The first-order valence-electron chi connectivity index (χ1n) is 7.11. The van der Waals surface area contributed by atoms with E-state index in [0.717, 1.165) is 31.0 Å². The van der Waals surface area contributed by atoms with Crippen LogP contribution in [0.2, 0.25) is 0 Å². The molecule has 0 bridgehead atoms. The van der Waals surface area contributed by atoms with Gasteiger partial charge in [0.2, 0.25) is 5.88 Å². The Morgan fingerprint density at radius 1 is 1.32 bits per heavy atom. The fraction of sp³-hybridized carbons (Fsp3) is 0.438. The summed E-state index contributed by atoms with van der Waals surface area (Å²) in [4.78, 5) is 4.65. The third kappa shape index (κ3) is 3.04. The first-order valence-corrected chi connectivity index (χ1v) is 7.11. The molecule has 3 rings (SSSR count). The third-order valence-corrected chi connectivity index (χ3v) is 3.36. The summed E-state index contributed by atoms with van der Waals surface area (Å²) in [6, 6.07) is 11.1. The highest BCUT2D eigenvalue weighted by Gasteiger charge is 2.21. The molecular weight excluding hydrogens is 236 g/mol. The van der Waals surface area contributed by atoms with Gasteiger partial charge in [0, 0.05) is 23.5 Å². The van der Waals surface area contributed by atoms with Crippen LogP contribution in [0.3, 0.4) is 0 Å². The van der Waals surface area contributed by atoms with E-state index in [-0.39, 0.29) is 0 Å². The van der Waals surface area contributed by atoms with Gasteiger partial charge in [0.25, 0.3) is 0 Å². The molecule has 3 heteroatoms. The maximum atomic E-state index is 5.80. The molecule has 1 fully saturated rings. The third-order valence-electron chi connectivity index (χ3n) is 3.36. The van der Waals surface area contributed by atoms with Crippen LogP contribution in [0, 0.1) is 0 Å². The lowest BCUT2D eigenvalue weighted by Crippen LogP contribution is -2.16. The lowest BCUT2D eigenvalue weighted by molar-refractivity contribution is 0.302. The molecule has 3 nitrogen and oxygen atoms in total. The van der Waals surface area contributed by atoms with Crippen LogP contribution >= 0.6 is 0 Å². The molecule has 1 heterocycles. The molecule has 1 aliphatic rings. The van der Waals surface area contributed by atoms with Gasteiger partial charge >= 0.3 is 0 Å². The average molecular weight is 256 g/mol. The number of pyridine rings is 1. The maximum absolute atomic E-state index is 5.80. The minimum atomic E-state index is 0.700. The van der Waals surface area contributed by atoms with Crippen LogP contribution < -0.4 is 10.1 Å². The van der Waals surface area contributed by atoms with Crippen LogP contribution in [0.5, 0.6) is 5.88 Å². The summed E-state index contributed by atoms with van der Waals surface area (Å²) in [5, 5.41) is 4.71. The highest BCUT2D eigenvalue weighted by molar-refractivity contribution is 5.80. The van der Waals surface area contributed by atoms with Crippen LogP contribution in [0.25, 0.3) is 10.9 Å². The monoisotopic (exact) mass is 256 g/mol. The Morgan fingerprint density at radius 3 is 2.95 bits per heavy atom. The molecule has 0 atom stereocenters. The number of hydrogen-bond acceptors (Lipinski definition) is 3. The van der Waals surface area contributed by atoms with Crippen LogP contribution in [0.15, 0.2) is 30.3 Å².